The molecule has 0 aliphatic heterocycles. The van der Waals surface area contributed by atoms with Crippen LogP contribution in [0.15, 0.2) is 0 Å². The van der Waals surface area contributed by atoms with Gasteiger partial charge in [-0.2, -0.15) is 0 Å². The Kier molecular flexibility index (Phi) is 41.3. The second kappa shape index (κ2) is 42.6. The maximum Gasteiger partial charge on any atom is 0.306 e. The summed E-state index contributed by atoms with van der Waals surface area (Å²) < 4.78 is 16.6. The van der Waals surface area contributed by atoms with Crippen molar-refractivity contribution in [2.45, 2.75) is 271 Å². The van der Waals surface area contributed by atoms with Crippen LogP contribution in [0.1, 0.15) is 265 Å². The predicted octanol–water partition coefficient (Wildman–Crippen LogP) is 15.1. The van der Waals surface area contributed by atoms with Gasteiger partial charge in [0.05, 0.1) is 0 Å². The third kappa shape index (κ3) is 40.1. The second-order valence-electron chi connectivity index (χ2n) is 16.6. The molecule has 6 nitrogen and oxygen atoms in total. The second-order valence-corrected chi connectivity index (χ2v) is 16.6. The summed E-state index contributed by atoms with van der Waals surface area (Å²) in [6.07, 6.45) is 42.5. The fourth-order valence-electron chi connectivity index (χ4n) is 7.12. The standard InChI is InChI=1S/C48H92O6/c1-5-8-10-12-13-14-15-16-17-18-19-20-21-26-29-33-37-41-48(51)54-45(42-52-46(49)39-35-30-11-9-6-2)43-53-47(50)40-36-32-28-25-23-22-24-27-31-34-38-44(4)7-3/h44-45H,5-43H2,1-4H3/t44?,45-/m1/s1. The predicted molar refractivity (Wildman–Crippen MR) is 229 cm³/mol. The van der Waals surface area contributed by atoms with E-state index in [-0.39, 0.29) is 31.1 Å². The van der Waals surface area contributed by atoms with Crippen molar-refractivity contribution in [2.24, 2.45) is 5.92 Å². The minimum absolute atomic E-state index is 0.0647. The quantitative estimate of drug-likeness (QED) is 0.0349. The van der Waals surface area contributed by atoms with Crippen molar-refractivity contribution in [1.82, 2.24) is 0 Å². The fourth-order valence-corrected chi connectivity index (χ4v) is 7.12. The molecule has 0 saturated carbocycles. The molecule has 1 unspecified atom stereocenters. The summed E-state index contributed by atoms with van der Waals surface area (Å²) in [4.78, 5) is 37.5. The first-order chi connectivity index (χ1) is 26.4. The molecule has 0 aromatic rings. The average Bonchev–Trinajstić information content (AvgIpc) is 3.17. The van der Waals surface area contributed by atoms with Crippen LogP contribution in [-0.2, 0) is 28.6 Å². The smallest absolute Gasteiger partial charge is 0.306 e. The van der Waals surface area contributed by atoms with Gasteiger partial charge in [0.1, 0.15) is 13.2 Å². The van der Waals surface area contributed by atoms with Crippen LogP contribution in [-0.4, -0.2) is 37.2 Å². The number of hydrogen-bond donors (Lipinski definition) is 0. The van der Waals surface area contributed by atoms with E-state index in [0.717, 1.165) is 70.1 Å². The monoisotopic (exact) mass is 765 g/mol. The summed E-state index contributed by atoms with van der Waals surface area (Å²) in [5.41, 5.74) is 0. The number of unbranched alkanes of at least 4 members (excludes halogenated alkanes) is 29. The number of rotatable bonds is 43. The van der Waals surface area contributed by atoms with Gasteiger partial charge in [0.2, 0.25) is 0 Å². The number of carbonyl (C=O) groups is 3. The van der Waals surface area contributed by atoms with Crippen LogP contribution in [0.4, 0.5) is 0 Å². The van der Waals surface area contributed by atoms with Gasteiger partial charge in [0.25, 0.3) is 0 Å². The summed E-state index contributed by atoms with van der Waals surface area (Å²) in [5, 5.41) is 0. The lowest BCUT2D eigenvalue weighted by Crippen LogP contribution is -2.30. The molecule has 0 radical (unpaired) electrons. The maximum absolute atomic E-state index is 12.7. The first-order valence-electron chi connectivity index (χ1n) is 23.9. The van der Waals surface area contributed by atoms with Gasteiger partial charge in [-0.1, -0.05) is 227 Å². The molecule has 0 aromatic carbocycles. The van der Waals surface area contributed by atoms with Crippen LogP contribution in [0.25, 0.3) is 0 Å². The number of carbonyl (C=O) groups excluding carboxylic acids is 3. The molecule has 0 fully saturated rings. The first kappa shape index (κ1) is 52.4. The van der Waals surface area contributed by atoms with Crippen LogP contribution in [0, 0.1) is 5.92 Å². The highest BCUT2D eigenvalue weighted by atomic mass is 16.6. The van der Waals surface area contributed by atoms with E-state index in [4.69, 9.17) is 14.2 Å². The van der Waals surface area contributed by atoms with Gasteiger partial charge in [-0.05, 0) is 25.2 Å². The van der Waals surface area contributed by atoms with Crippen molar-refractivity contribution in [3.05, 3.63) is 0 Å². The molecule has 2 atom stereocenters. The molecule has 0 saturated heterocycles. The van der Waals surface area contributed by atoms with Crippen molar-refractivity contribution in [1.29, 1.82) is 0 Å². The highest BCUT2D eigenvalue weighted by molar-refractivity contribution is 5.71. The largest absolute Gasteiger partial charge is 0.462 e. The van der Waals surface area contributed by atoms with Crippen LogP contribution >= 0.6 is 0 Å². The summed E-state index contributed by atoms with van der Waals surface area (Å²) >= 11 is 0. The van der Waals surface area contributed by atoms with E-state index in [9.17, 15) is 14.4 Å². The molecule has 54 heavy (non-hydrogen) atoms. The zero-order valence-electron chi connectivity index (χ0n) is 36.7. The summed E-state index contributed by atoms with van der Waals surface area (Å²) in [7, 11) is 0. The van der Waals surface area contributed by atoms with Crippen molar-refractivity contribution in [3.8, 4) is 0 Å². The third-order valence-corrected chi connectivity index (χ3v) is 11.2. The first-order valence-corrected chi connectivity index (χ1v) is 23.9. The Labute approximate surface area is 336 Å². The Morgan fingerprint density at radius 3 is 0.963 bits per heavy atom. The Balaban J connectivity index is 4.15. The molecule has 0 aliphatic rings. The zero-order chi connectivity index (χ0) is 39.6. The van der Waals surface area contributed by atoms with Crippen LogP contribution in [0.3, 0.4) is 0 Å². The van der Waals surface area contributed by atoms with E-state index in [1.807, 2.05) is 0 Å². The van der Waals surface area contributed by atoms with Crippen LogP contribution in [0.2, 0.25) is 0 Å². The van der Waals surface area contributed by atoms with Crippen LogP contribution < -0.4 is 0 Å². The fraction of sp³-hybridized carbons (Fsp3) is 0.938. The molecule has 0 aliphatic carbocycles. The molecule has 6 heteroatoms. The van der Waals surface area contributed by atoms with Gasteiger partial charge < -0.3 is 14.2 Å². The van der Waals surface area contributed by atoms with E-state index in [0.29, 0.717) is 19.3 Å². The zero-order valence-corrected chi connectivity index (χ0v) is 36.7. The minimum atomic E-state index is -0.758. The lowest BCUT2D eigenvalue weighted by Gasteiger charge is -2.18. The molecule has 0 amide bonds. The van der Waals surface area contributed by atoms with Crippen molar-refractivity contribution in [2.75, 3.05) is 13.2 Å². The summed E-state index contributed by atoms with van der Waals surface area (Å²) in [6.45, 7) is 8.95. The molecular formula is C48H92O6. The van der Waals surface area contributed by atoms with Crippen molar-refractivity contribution < 1.29 is 28.6 Å². The van der Waals surface area contributed by atoms with E-state index in [1.165, 1.54) is 154 Å². The molecule has 0 heterocycles. The van der Waals surface area contributed by atoms with E-state index in [2.05, 4.69) is 27.7 Å². The Morgan fingerprint density at radius 1 is 0.370 bits per heavy atom. The number of hydrogen-bond acceptors (Lipinski definition) is 6. The molecular weight excluding hydrogens is 673 g/mol. The van der Waals surface area contributed by atoms with Gasteiger partial charge in [0, 0.05) is 19.3 Å². The number of esters is 3. The van der Waals surface area contributed by atoms with Crippen LogP contribution in [0.5, 0.6) is 0 Å². The van der Waals surface area contributed by atoms with E-state index < -0.39 is 6.10 Å². The molecule has 0 N–H and O–H groups in total. The highest BCUT2D eigenvalue weighted by Crippen LogP contribution is 2.17. The SMILES string of the molecule is CCCCCCCCCCCCCCCCCCCC(=O)O[C@H](COC(=O)CCCCCCC)COC(=O)CCCCCCCCCCCCC(C)CC. The molecule has 0 bridgehead atoms. The summed E-state index contributed by atoms with van der Waals surface area (Å²) in [5.74, 6) is 0.00471. The van der Waals surface area contributed by atoms with Gasteiger partial charge >= 0.3 is 17.9 Å². The lowest BCUT2D eigenvalue weighted by molar-refractivity contribution is -0.167. The Hall–Kier alpha value is -1.59. The van der Waals surface area contributed by atoms with Gasteiger partial charge in [0.15, 0.2) is 6.10 Å². The molecule has 0 rings (SSSR count). The highest BCUT2D eigenvalue weighted by Gasteiger charge is 2.19. The molecule has 0 aromatic heterocycles. The van der Waals surface area contributed by atoms with Gasteiger partial charge in [-0.15, -0.1) is 0 Å². The van der Waals surface area contributed by atoms with Gasteiger partial charge in [-0.25, -0.2) is 0 Å². The Morgan fingerprint density at radius 2 is 0.648 bits per heavy atom. The van der Waals surface area contributed by atoms with Gasteiger partial charge in [-0.3, -0.25) is 14.4 Å². The van der Waals surface area contributed by atoms with E-state index in [1.54, 1.807) is 0 Å². The lowest BCUT2D eigenvalue weighted by atomic mass is 9.99. The Bertz CT molecular complexity index is 813. The summed E-state index contributed by atoms with van der Waals surface area (Å²) in [6, 6.07) is 0. The number of ether oxygens (including phenoxy) is 3. The van der Waals surface area contributed by atoms with E-state index >= 15 is 0 Å². The molecule has 0 spiro atoms. The average molecular weight is 765 g/mol. The normalized spacial score (nSPS) is 12.4. The van der Waals surface area contributed by atoms with Crippen molar-refractivity contribution >= 4 is 17.9 Å². The maximum atomic E-state index is 12.7. The topological polar surface area (TPSA) is 78.9 Å². The molecule has 320 valence electrons. The third-order valence-electron chi connectivity index (χ3n) is 11.2. The minimum Gasteiger partial charge on any atom is -0.462 e. The van der Waals surface area contributed by atoms with Crippen molar-refractivity contribution in [3.63, 3.8) is 0 Å².